The van der Waals surface area contributed by atoms with Gasteiger partial charge >= 0.3 is 0 Å². The minimum absolute atomic E-state index is 0.00892. The van der Waals surface area contributed by atoms with Crippen LogP contribution >= 0.6 is 0 Å². The van der Waals surface area contributed by atoms with Crippen LogP contribution in [0.1, 0.15) is 43.5 Å². The molecule has 0 bridgehead atoms. The molecule has 1 amide bonds. The van der Waals surface area contributed by atoms with Gasteiger partial charge in [0.25, 0.3) is 0 Å². The third kappa shape index (κ3) is 3.18. The summed E-state index contributed by atoms with van der Waals surface area (Å²) in [6.45, 7) is 3.39. The van der Waals surface area contributed by atoms with Gasteiger partial charge in [-0.2, -0.15) is 0 Å². The third-order valence-electron chi connectivity index (χ3n) is 7.10. The number of anilines is 2. The summed E-state index contributed by atoms with van der Waals surface area (Å²) in [6, 6.07) is 8.29. The molecule has 7 nitrogen and oxygen atoms in total. The van der Waals surface area contributed by atoms with Gasteiger partial charge in [0.2, 0.25) is 5.91 Å². The van der Waals surface area contributed by atoms with Crippen molar-refractivity contribution in [3.63, 3.8) is 0 Å². The number of carbonyl (C=O) groups excluding carboxylic acids is 1. The number of aryl methyl sites for hydroxylation is 2. The van der Waals surface area contributed by atoms with Crippen molar-refractivity contribution in [3.05, 3.63) is 42.0 Å². The number of fused-ring (bicyclic) bond motifs is 4. The lowest BCUT2D eigenvalue weighted by Gasteiger charge is -2.34. The molecule has 0 N–H and O–H groups in total. The fourth-order valence-corrected chi connectivity index (χ4v) is 5.52. The van der Waals surface area contributed by atoms with Gasteiger partial charge in [-0.1, -0.05) is 24.6 Å². The summed E-state index contributed by atoms with van der Waals surface area (Å²) in [7, 11) is 0. The second-order valence-corrected chi connectivity index (χ2v) is 9.01. The Kier molecular flexibility index (Phi) is 4.62. The lowest BCUT2D eigenvalue weighted by Crippen LogP contribution is -2.45. The third-order valence-corrected chi connectivity index (χ3v) is 7.10. The number of hydrogen-bond donors (Lipinski definition) is 0. The van der Waals surface area contributed by atoms with Gasteiger partial charge in [0.05, 0.1) is 5.92 Å². The first-order valence-corrected chi connectivity index (χ1v) is 11.6. The first-order chi connectivity index (χ1) is 15.3. The fourth-order valence-electron chi connectivity index (χ4n) is 5.52. The molecule has 7 heteroatoms. The highest BCUT2D eigenvalue weighted by molar-refractivity contribution is 5.97. The molecule has 3 aliphatic rings. The van der Waals surface area contributed by atoms with Gasteiger partial charge in [0.15, 0.2) is 17.0 Å². The van der Waals surface area contributed by atoms with Crippen LogP contribution in [0.3, 0.4) is 0 Å². The van der Waals surface area contributed by atoms with Gasteiger partial charge in [-0.3, -0.25) is 4.79 Å². The van der Waals surface area contributed by atoms with Gasteiger partial charge in [-0.05, 0) is 43.7 Å². The number of imidazole rings is 1. The van der Waals surface area contributed by atoms with Crippen LogP contribution in [0.15, 0.2) is 30.6 Å². The molecule has 0 unspecified atom stereocenters. The molecule has 0 saturated carbocycles. The summed E-state index contributed by atoms with van der Waals surface area (Å²) < 4.78 is 2.28. The van der Waals surface area contributed by atoms with Crippen molar-refractivity contribution in [3.8, 4) is 0 Å². The van der Waals surface area contributed by atoms with Gasteiger partial charge in [-0.15, -0.1) is 0 Å². The lowest BCUT2D eigenvalue weighted by atomic mass is 9.96. The number of hydrogen-bond acceptors (Lipinski definition) is 5. The average Bonchev–Trinajstić information content (AvgIpc) is 3.32. The van der Waals surface area contributed by atoms with Crippen LogP contribution in [0.25, 0.3) is 11.2 Å². The molecule has 160 valence electrons. The van der Waals surface area contributed by atoms with E-state index in [1.807, 2.05) is 11.0 Å². The second kappa shape index (κ2) is 7.62. The van der Waals surface area contributed by atoms with Crippen LogP contribution in [0, 0.1) is 5.92 Å². The smallest absolute Gasteiger partial charge is 0.231 e. The van der Waals surface area contributed by atoms with Crippen molar-refractivity contribution in [1.29, 1.82) is 0 Å². The molecule has 3 aliphatic heterocycles. The molecule has 2 aromatic heterocycles. The van der Waals surface area contributed by atoms with E-state index >= 15 is 0 Å². The first kappa shape index (κ1) is 18.8. The highest BCUT2D eigenvalue weighted by atomic mass is 16.2. The van der Waals surface area contributed by atoms with Crippen molar-refractivity contribution in [2.24, 2.45) is 5.92 Å². The molecule has 1 aromatic carbocycles. The van der Waals surface area contributed by atoms with Gasteiger partial charge in [0.1, 0.15) is 12.2 Å². The maximum Gasteiger partial charge on any atom is 0.231 e. The molecule has 1 atom stereocenters. The van der Waals surface area contributed by atoms with Crippen molar-refractivity contribution in [1.82, 2.24) is 19.5 Å². The summed E-state index contributed by atoms with van der Waals surface area (Å²) in [5.41, 5.74) is 4.22. The number of piperidine rings is 1. The number of para-hydroxylation sites is 1. The zero-order valence-corrected chi connectivity index (χ0v) is 17.8. The van der Waals surface area contributed by atoms with Crippen LogP contribution in [-0.2, 0) is 24.2 Å². The molecule has 1 fully saturated rings. The summed E-state index contributed by atoms with van der Waals surface area (Å²) in [6.07, 6.45) is 9.15. The monoisotopic (exact) mass is 416 g/mol. The van der Waals surface area contributed by atoms with E-state index in [0.29, 0.717) is 6.54 Å². The number of rotatable bonds is 2. The maximum atomic E-state index is 13.4. The standard InChI is InChI=1S/C24H28N6O/c31-24(29-14-11-17-7-3-4-9-19(17)29)18-8-6-12-28(15-18)22-21-23(26-16-25-22)30-13-5-1-2-10-20(30)27-21/h3-4,7,9,16,18H,1-2,5-6,8,10-15H2/t18-/m0/s1. The number of aromatic nitrogens is 4. The molecule has 6 rings (SSSR count). The predicted molar refractivity (Wildman–Crippen MR) is 120 cm³/mol. The number of nitrogens with zero attached hydrogens (tertiary/aromatic N) is 6. The zero-order chi connectivity index (χ0) is 20.8. The van der Waals surface area contributed by atoms with Crippen LogP contribution in [0.2, 0.25) is 0 Å². The molecular formula is C24H28N6O. The quantitative estimate of drug-likeness (QED) is 0.641. The molecule has 3 aromatic rings. The highest BCUT2D eigenvalue weighted by Gasteiger charge is 2.34. The number of benzene rings is 1. The Bertz CT molecular complexity index is 1140. The van der Waals surface area contributed by atoms with Crippen LogP contribution < -0.4 is 9.80 Å². The Morgan fingerprint density at radius 1 is 0.968 bits per heavy atom. The van der Waals surface area contributed by atoms with E-state index in [0.717, 1.165) is 73.8 Å². The molecule has 31 heavy (non-hydrogen) atoms. The van der Waals surface area contributed by atoms with E-state index in [2.05, 4.69) is 37.6 Å². The number of carbonyl (C=O) groups is 1. The van der Waals surface area contributed by atoms with Crippen molar-refractivity contribution < 1.29 is 4.79 Å². The Labute approximate surface area is 182 Å². The lowest BCUT2D eigenvalue weighted by molar-refractivity contribution is -0.122. The van der Waals surface area contributed by atoms with E-state index < -0.39 is 0 Å². The normalized spacial score (nSPS) is 21.1. The molecule has 1 saturated heterocycles. The van der Waals surface area contributed by atoms with E-state index in [1.165, 1.54) is 24.8 Å². The topological polar surface area (TPSA) is 67.2 Å². The van der Waals surface area contributed by atoms with Gasteiger partial charge in [-0.25, -0.2) is 15.0 Å². The molecule has 0 spiro atoms. The molecule has 0 radical (unpaired) electrons. The maximum absolute atomic E-state index is 13.4. The molecular weight excluding hydrogens is 388 g/mol. The summed E-state index contributed by atoms with van der Waals surface area (Å²) >= 11 is 0. The highest BCUT2D eigenvalue weighted by Crippen LogP contribution is 2.33. The molecule has 0 aliphatic carbocycles. The number of amides is 1. The Morgan fingerprint density at radius 2 is 1.90 bits per heavy atom. The summed E-state index contributed by atoms with van der Waals surface area (Å²) in [5, 5.41) is 0. The molecule has 5 heterocycles. The van der Waals surface area contributed by atoms with E-state index in [9.17, 15) is 4.79 Å². The average molecular weight is 417 g/mol. The van der Waals surface area contributed by atoms with Crippen LogP contribution in [-0.4, -0.2) is 45.1 Å². The summed E-state index contributed by atoms with van der Waals surface area (Å²) in [4.78, 5) is 31.9. The van der Waals surface area contributed by atoms with Crippen LogP contribution in [0.5, 0.6) is 0 Å². The Hall–Kier alpha value is -2.96. The minimum Gasteiger partial charge on any atom is -0.354 e. The predicted octanol–water partition coefficient (Wildman–Crippen LogP) is 3.36. The van der Waals surface area contributed by atoms with Crippen molar-refractivity contribution in [2.45, 2.75) is 51.5 Å². The van der Waals surface area contributed by atoms with Crippen molar-refractivity contribution >= 4 is 28.6 Å². The zero-order valence-electron chi connectivity index (χ0n) is 17.8. The first-order valence-electron chi connectivity index (χ1n) is 11.6. The van der Waals surface area contributed by atoms with E-state index in [-0.39, 0.29) is 11.8 Å². The largest absolute Gasteiger partial charge is 0.354 e. The summed E-state index contributed by atoms with van der Waals surface area (Å²) in [5.74, 6) is 2.27. The Balaban J connectivity index is 1.28. The van der Waals surface area contributed by atoms with Gasteiger partial charge in [0, 0.05) is 38.3 Å². The van der Waals surface area contributed by atoms with E-state index in [1.54, 1.807) is 6.33 Å². The minimum atomic E-state index is -0.00892. The van der Waals surface area contributed by atoms with Crippen molar-refractivity contribution in [2.75, 3.05) is 29.4 Å². The van der Waals surface area contributed by atoms with Crippen LogP contribution in [0.4, 0.5) is 11.5 Å². The second-order valence-electron chi connectivity index (χ2n) is 9.01. The SMILES string of the molecule is O=C([C@H]1CCCN(c2ncnc3c2nc2n3CCCCC2)C1)N1CCc2ccccc21. The van der Waals surface area contributed by atoms with Gasteiger partial charge < -0.3 is 14.4 Å². The van der Waals surface area contributed by atoms with E-state index in [4.69, 9.17) is 4.98 Å². The fraction of sp³-hybridized carbons (Fsp3) is 0.500. The Morgan fingerprint density at radius 3 is 2.87 bits per heavy atom.